The smallest absolute Gasteiger partial charge is 0.194 e. The van der Waals surface area contributed by atoms with E-state index in [1.165, 1.54) is 18.5 Å². The molecule has 0 aliphatic carbocycles. The summed E-state index contributed by atoms with van der Waals surface area (Å²) in [7, 11) is -1.99. The number of aliphatic imine (C=N–C) groups is 1. The number of aliphatic hydroxyl groups is 3. The van der Waals surface area contributed by atoms with Crippen LogP contribution >= 0.6 is 15.9 Å². The summed E-state index contributed by atoms with van der Waals surface area (Å²) in [5.74, 6) is 0.611. The van der Waals surface area contributed by atoms with Crippen molar-refractivity contribution in [2.45, 2.75) is 34.7 Å². The minimum atomic E-state index is -1.99. The molecule has 3 rings (SSSR count). The Bertz CT molecular complexity index is 1090. The van der Waals surface area contributed by atoms with Gasteiger partial charge < -0.3 is 25.9 Å². The van der Waals surface area contributed by atoms with Crippen LogP contribution in [0.15, 0.2) is 50.1 Å². The summed E-state index contributed by atoms with van der Waals surface area (Å²) in [5, 5.41) is 34.1. The first-order chi connectivity index (χ1) is 15.7. The van der Waals surface area contributed by atoms with Crippen LogP contribution in [0.2, 0.25) is 0 Å². The van der Waals surface area contributed by atoms with Gasteiger partial charge in [0, 0.05) is 28.6 Å². The Morgan fingerprint density at radius 1 is 1.21 bits per heavy atom. The minimum absolute atomic E-state index is 0.200. The first kappa shape index (κ1) is 25.4. The van der Waals surface area contributed by atoms with E-state index in [2.05, 4.69) is 31.0 Å². The molecule has 2 aromatic rings. The molecule has 1 saturated heterocycles. The Labute approximate surface area is 196 Å². The van der Waals surface area contributed by atoms with E-state index in [4.69, 9.17) is 10.6 Å². The van der Waals surface area contributed by atoms with Gasteiger partial charge >= 0.3 is 0 Å². The van der Waals surface area contributed by atoms with Crippen molar-refractivity contribution < 1.29 is 37.4 Å². The molecule has 1 aliphatic rings. The molecule has 1 aromatic carbocycles. The Hall–Kier alpha value is -2.23. The molecule has 6 atom stereocenters. The monoisotopic (exact) mass is 550 g/mol. The molecule has 33 heavy (non-hydrogen) atoms. The van der Waals surface area contributed by atoms with Crippen molar-refractivity contribution in [3.63, 3.8) is 0 Å². The van der Waals surface area contributed by atoms with E-state index >= 15 is 0 Å². The summed E-state index contributed by atoms with van der Waals surface area (Å²) in [6.45, 7) is -0.684. The fourth-order valence-corrected chi connectivity index (χ4v) is 4.95. The molecule has 0 amide bonds. The number of rotatable bonds is 6. The largest absolute Gasteiger partial charge is 0.394 e. The third kappa shape index (κ3) is 5.47. The molecule has 0 spiro atoms. The minimum Gasteiger partial charge on any atom is -0.394 e. The fourth-order valence-electron chi connectivity index (χ4n) is 3.10. The van der Waals surface area contributed by atoms with Gasteiger partial charge in [0.25, 0.3) is 0 Å². The highest BCUT2D eigenvalue weighted by Crippen LogP contribution is 2.28. The van der Waals surface area contributed by atoms with Crippen molar-refractivity contribution in [1.82, 2.24) is 4.98 Å². The van der Waals surface area contributed by atoms with Crippen LogP contribution in [0.5, 0.6) is 0 Å². The number of aromatic nitrogens is 1. The Kier molecular flexibility index (Phi) is 8.31. The zero-order valence-corrected chi connectivity index (χ0v) is 19.0. The number of nitrogens with zero attached hydrogens (tertiary/aromatic N) is 3. The molecule has 4 unspecified atom stereocenters. The Morgan fingerprint density at radius 2 is 1.88 bits per heavy atom. The van der Waals surface area contributed by atoms with E-state index in [9.17, 15) is 32.7 Å². The quantitative estimate of drug-likeness (QED) is 0.178. The highest BCUT2D eigenvalue weighted by Gasteiger charge is 2.47. The highest BCUT2D eigenvalue weighted by atomic mass is 79.9. The van der Waals surface area contributed by atoms with Crippen molar-refractivity contribution >= 4 is 38.7 Å². The number of pyridine rings is 1. The number of hydrazone groups is 1. The molecular formula is C19H18BrF3N4O5S. The maximum Gasteiger partial charge on any atom is 0.194 e. The van der Waals surface area contributed by atoms with Gasteiger partial charge in [-0.15, -0.1) is 0 Å². The van der Waals surface area contributed by atoms with Crippen LogP contribution in [0.1, 0.15) is 5.56 Å². The second-order valence-corrected chi connectivity index (χ2v) is 9.33. The van der Waals surface area contributed by atoms with Crippen LogP contribution in [0, 0.1) is 17.5 Å². The van der Waals surface area contributed by atoms with E-state index in [-0.39, 0.29) is 16.2 Å². The van der Waals surface area contributed by atoms with Crippen molar-refractivity contribution in [1.29, 1.82) is 0 Å². The normalized spacial score (nSPS) is 27.1. The third-order valence-corrected chi connectivity index (χ3v) is 6.69. The molecule has 14 heteroatoms. The summed E-state index contributed by atoms with van der Waals surface area (Å²) in [4.78, 5) is 8.09. The van der Waals surface area contributed by atoms with Crippen molar-refractivity contribution in [2.75, 3.05) is 6.61 Å². The van der Waals surface area contributed by atoms with Gasteiger partial charge in [-0.25, -0.2) is 13.2 Å². The van der Waals surface area contributed by atoms with Crippen LogP contribution in [-0.2, 0) is 15.5 Å². The SMILES string of the molecule is NN=C(C=NC1C(O)[C@@H](S(=O)c2cncc(Br)c2)OC(CO)[C@@H]1O)c1cc(F)c(F)c(F)c1. The Morgan fingerprint density at radius 3 is 2.45 bits per heavy atom. The van der Waals surface area contributed by atoms with Gasteiger partial charge in [0.05, 0.1) is 22.3 Å². The number of hydrogen-bond acceptors (Lipinski definition) is 9. The topological polar surface area (TPSA) is 151 Å². The second-order valence-electron chi connectivity index (χ2n) is 6.88. The molecular weight excluding hydrogens is 533 g/mol. The summed E-state index contributed by atoms with van der Waals surface area (Å²) in [6, 6.07) is 1.38. The van der Waals surface area contributed by atoms with Crippen LogP contribution in [-0.4, -0.2) is 72.8 Å². The van der Waals surface area contributed by atoms with Gasteiger partial charge in [0.1, 0.15) is 30.1 Å². The number of benzene rings is 1. The molecule has 9 nitrogen and oxygen atoms in total. The number of ether oxygens (including phenoxy) is 1. The first-order valence-corrected chi connectivity index (χ1v) is 11.3. The molecule has 5 N–H and O–H groups in total. The number of aliphatic hydroxyl groups excluding tert-OH is 3. The zero-order valence-electron chi connectivity index (χ0n) is 16.6. The molecule has 0 radical (unpaired) electrons. The summed E-state index contributed by atoms with van der Waals surface area (Å²) in [6.07, 6.45) is -0.783. The maximum absolute atomic E-state index is 13.6. The lowest BCUT2D eigenvalue weighted by Crippen LogP contribution is -2.59. The zero-order chi connectivity index (χ0) is 24.3. The molecule has 0 saturated carbocycles. The van der Waals surface area contributed by atoms with Gasteiger partial charge in [-0.3, -0.25) is 14.2 Å². The number of halogens is 4. The maximum atomic E-state index is 13.6. The summed E-state index contributed by atoms with van der Waals surface area (Å²) < 4.78 is 59.3. The third-order valence-electron chi connectivity index (χ3n) is 4.76. The Balaban J connectivity index is 1.91. The molecule has 1 aliphatic heterocycles. The van der Waals surface area contributed by atoms with E-state index < -0.39 is 64.6 Å². The summed E-state index contributed by atoms with van der Waals surface area (Å²) >= 11 is 3.20. The van der Waals surface area contributed by atoms with Crippen molar-refractivity contribution in [2.24, 2.45) is 15.9 Å². The lowest BCUT2D eigenvalue weighted by molar-refractivity contribution is -0.160. The first-order valence-electron chi connectivity index (χ1n) is 9.27. The summed E-state index contributed by atoms with van der Waals surface area (Å²) in [5.41, 5.74) is -1.97. The number of hydrogen-bond donors (Lipinski definition) is 4. The average Bonchev–Trinajstić information content (AvgIpc) is 2.79. The van der Waals surface area contributed by atoms with Crippen LogP contribution < -0.4 is 5.84 Å². The van der Waals surface area contributed by atoms with E-state index in [0.29, 0.717) is 16.6 Å². The standard InChI is InChI=1S/C19H18BrF3N4O5S/c20-9-3-10(5-25-4-9)33(31)19-18(30)16(17(29)14(7-28)32-19)26-6-13(27-24)8-1-11(21)15(23)12(22)2-8/h1-6,14,16-19,28-30H,7,24H2/t14?,16?,17-,18?,19+,33?/m0/s1. The predicted octanol–water partition coefficient (Wildman–Crippen LogP) is 0.610. The van der Waals surface area contributed by atoms with Crippen LogP contribution in [0.25, 0.3) is 0 Å². The van der Waals surface area contributed by atoms with E-state index in [1.807, 2.05) is 0 Å². The lowest BCUT2D eigenvalue weighted by Gasteiger charge is -2.40. The van der Waals surface area contributed by atoms with Gasteiger partial charge in [-0.2, -0.15) is 5.10 Å². The molecule has 1 aromatic heterocycles. The van der Waals surface area contributed by atoms with Gasteiger partial charge in [0.15, 0.2) is 22.9 Å². The van der Waals surface area contributed by atoms with Crippen LogP contribution in [0.4, 0.5) is 13.2 Å². The van der Waals surface area contributed by atoms with E-state index in [0.717, 1.165) is 6.21 Å². The second kappa shape index (κ2) is 10.8. The molecule has 1 fully saturated rings. The fraction of sp³-hybridized carbons (Fsp3) is 0.316. The highest BCUT2D eigenvalue weighted by molar-refractivity contribution is 9.10. The average molecular weight is 551 g/mol. The van der Waals surface area contributed by atoms with E-state index in [1.54, 1.807) is 0 Å². The molecule has 178 valence electrons. The number of nitrogens with two attached hydrogens (primary N) is 1. The van der Waals surface area contributed by atoms with Gasteiger partial charge in [-0.1, -0.05) is 0 Å². The van der Waals surface area contributed by atoms with Crippen molar-refractivity contribution in [3.05, 3.63) is 58.1 Å². The van der Waals surface area contributed by atoms with Gasteiger partial charge in [-0.05, 0) is 34.1 Å². The van der Waals surface area contributed by atoms with Gasteiger partial charge in [0.2, 0.25) is 0 Å². The lowest BCUT2D eigenvalue weighted by atomic mass is 9.98. The van der Waals surface area contributed by atoms with Crippen molar-refractivity contribution in [3.8, 4) is 0 Å². The van der Waals surface area contributed by atoms with Crippen LogP contribution in [0.3, 0.4) is 0 Å². The predicted molar refractivity (Wildman–Crippen MR) is 115 cm³/mol. The molecule has 0 bridgehead atoms. The molecule has 2 heterocycles.